The Balaban J connectivity index is 1.96. The van der Waals surface area contributed by atoms with Crippen LogP contribution in [0.1, 0.15) is 30.9 Å². The number of carbonyl (C=O) groups excluding carboxylic acids is 3. The van der Waals surface area contributed by atoms with E-state index in [9.17, 15) is 19.2 Å². The maximum absolute atomic E-state index is 12.3. The fourth-order valence-corrected chi connectivity index (χ4v) is 3.25. The van der Waals surface area contributed by atoms with Gasteiger partial charge in [-0.25, -0.2) is 0 Å². The van der Waals surface area contributed by atoms with Crippen molar-refractivity contribution in [1.82, 2.24) is 5.32 Å². The summed E-state index contributed by atoms with van der Waals surface area (Å²) in [6.07, 6.45) is 0.245. The minimum Gasteiger partial charge on any atom is -0.481 e. The van der Waals surface area contributed by atoms with E-state index in [-0.39, 0.29) is 43.3 Å². The van der Waals surface area contributed by atoms with E-state index in [1.807, 2.05) is 66.5 Å². The minimum absolute atomic E-state index is 0.104. The first-order chi connectivity index (χ1) is 14.7. The van der Waals surface area contributed by atoms with E-state index in [2.05, 4.69) is 5.32 Å². The van der Waals surface area contributed by atoms with Crippen LogP contribution in [-0.2, 0) is 32.0 Å². The topological polar surface area (TPSA) is 104 Å². The fraction of sp³-hybridized carbons (Fsp3) is 0.333. The van der Waals surface area contributed by atoms with Gasteiger partial charge in [0.15, 0.2) is 11.6 Å². The Labute approximate surface area is 182 Å². The number of nitrogens with one attached hydrogen (secondary N) is 1. The second-order valence-electron chi connectivity index (χ2n) is 7.54. The zero-order valence-corrected chi connectivity index (χ0v) is 17.8. The number of amides is 1. The van der Waals surface area contributed by atoms with E-state index in [0.29, 0.717) is 6.42 Å². The zero-order valence-electron chi connectivity index (χ0n) is 17.8. The average Bonchev–Trinajstić information content (AvgIpc) is 2.72. The molecular formula is C24H28N2O5. The van der Waals surface area contributed by atoms with Gasteiger partial charge in [-0.15, -0.1) is 0 Å². The van der Waals surface area contributed by atoms with Crippen LogP contribution in [0.2, 0.25) is 0 Å². The molecule has 31 heavy (non-hydrogen) atoms. The highest BCUT2D eigenvalue weighted by molar-refractivity contribution is 5.90. The van der Waals surface area contributed by atoms with E-state index in [4.69, 9.17) is 5.11 Å². The van der Waals surface area contributed by atoms with Gasteiger partial charge in [0.1, 0.15) is 0 Å². The molecule has 0 fully saturated rings. The summed E-state index contributed by atoms with van der Waals surface area (Å²) in [5, 5.41) is 11.4. The number of hydrogen-bond acceptors (Lipinski definition) is 5. The Bertz CT molecular complexity index is 909. The van der Waals surface area contributed by atoms with Crippen molar-refractivity contribution < 1.29 is 24.3 Å². The van der Waals surface area contributed by atoms with Crippen molar-refractivity contribution in [3.63, 3.8) is 0 Å². The predicted octanol–water partition coefficient (Wildman–Crippen LogP) is 2.42. The molecular weight excluding hydrogens is 396 g/mol. The molecule has 0 aliphatic rings. The van der Waals surface area contributed by atoms with Crippen LogP contribution in [0.3, 0.4) is 0 Å². The molecule has 1 amide bonds. The number of likely N-dealkylation sites (N-methyl/N-ethyl adjacent to an activating group) is 1. The molecule has 0 bridgehead atoms. The molecule has 2 aromatic carbocycles. The Hall–Kier alpha value is -3.48. The molecule has 164 valence electrons. The van der Waals surface area contributed by atoms with E-state index in [1.54, 1.807) is 0 Å². The molecule has 0 saturated carbocycles. The summed E-state index contributed by atoms with van der Waals surface area (Å²) in [5.74, 6) is -1.61. The lowest BCUT2D eigenvalue weighted by atomic mass is 9.99. The van der Waals surface area contributed by atoms with Gasteiger partial charge in [-0.3, -0.25) is 19.2 Å². The number of aliphatic carboxylic acids is 1. The largest absolute Gasteiger partial charge is 0.481 e. The lowest BCUT2D eigenvalue weighted by Crippen LogP contribution is -2.41. The summed E-state index contributed by atoms with van der Waals surface area (Å²) < 4.78 is 0. The Morgan fingerprint density at radius 3 is 2.16 bits per heavy atom. The monoisotopic (exact) mass is 424 g/mol. The van der Waals surface area contributed by atoms with Crippen molar-refractivity contribution in [3.8, 4) is 0 Å². The van der Waals surface area contributed by atoms with Crippen LogP contribution < -0.4 is 10.2 Å². The van der Waals surface area contributed by atoms with Gasteiger partial charge in [0, 0.05) is 32.5 Å². The molecule has 2 aromatic rings. The van der Waals surface area contributed by atoms with Gasteiger partial charge in [0.25, 0.3) is 0 Å². The maximum atomic E-state index is 12.3. The molecule has 7 nitrogen and oxygen atoms in total. The van der Waals surface area contributed by atoms with E-state index < -0.39 is 12.0 Å². The maximum Gasteiger partial charge on any atom is 0.303 e. The zero-order chi connectivity index (χ0) is 22.8. The first-order valence-electron chi connectivity index (χ1n) is 10.1. The van der Waals surface area contributed by atoms with Gasteiger partial charge in [0.2, 0.25) is 5.91 Å². The van der Waals surface area contributed by atoms with Gasteiger partial charge in [-0.1, -0.05) is 42.5 Å². The molecule has 0 aliphatic carbocycles. The summed E-state index contributed by atoms with van der Waals surface area (Å²) in [4.78, 5) is 48.7. The SMILES string of the molecule is CC(=O)N[C@@H](Cc1ccc(N(C)CC(=O)Cc2ccccc2)cc1)C(=O)CCC(=O)O. The molecule has 0 radical (unpaired) electrons. The quantitative estimate of drug-likeness (QED) is 0.542. The van der Waals surface area contributed by atoms with Crippen molar-refractivity contribution in [1.29, 1.82) is 0 Å². The summed E-state index contributed by atoms with van der Waals surface area (Å²) in [6, 6.07) is 16.2. The molecule has 0 unspecified atom stereocenters. The number of anilines is 1. The normalized spacial score (nSPS) is 11.4. The first-order valence-corrected chi connectivity index (χ1v) is 10.1. The predicted molar refractivity (Wildman–Crippen MR) is 118 cm³/mol. The van der Waals surface area contributed by atoms with Gasteiger partial charge in [-0.05, 0) is 29.7 Å². The number of nitrogens with zero attached hydrogens (tertiary/aromatic N) is 1. The van der Waals surface area contributed by atoms with Crippen molar-refractivity contribution in [3.05, 3.63) is 65.7 Å². The third kappa shape index (κ3) is 8.42. The highest BCUT2D eigenvalue weighted by Crippen LogP contribution is 2.16. The smallest absolute Gasteiger partial charge is 0.303 e. The molecule has 0 aliphatic heterocycles. The van der Waals surface area contributed by atoms with Gasteiger partial charge < -0.3 is 15.3 Å². The molecule has 2 rings (SSSR count). The first kappa shape index (κ1) is 23.8. The second kappa shape index (κ2) is 11.6. The Morgan fingerprint density at radius 2 is 1.58 bits per heavy atom. The van der Waals surface area contributed by atoms with Crippen LogP contribution in [0, 0.1) is 0 Å². The number of rotatable bonds is 12. The standard InChI is InChI=1S/C24H28N2O5/c1-17(27)25-22(23(29)12-13-24(30)31)15-19-8-10-20(11-9-19)26(2)16-21(28)14-18-6-4-3-5-7-18/h3-11,22H,12-16H2,1-2H3,(H,25,27)(H,30,31)/t22-/m0/s1. The fourth-order valence-electron chi connectivity index (χ4n) is 3.25. The van der Waals surface area contributed by atoms with Gasteiger partial charge >= 0.3 is 5.97 Å². The number of hydrogen-bond donors (Lipinski definition) is 2. The lowest BCUT2D eigenvalue weighted by molar-refractivity contribution is -0.138. The minimum atomic E-state index is -1.05. The van der Waals surface area contributed by atoms with E-state index in [0.717, 1.165) is 16.8 Å². The number of carbonyl (C=O) groups is 4. The van der Waals surface area contributed by atoms with Crippen LogP contribution in [0.5, 0.6) is 0 Å². The molecule has 0 spiro atoms. The molecule has 0 aromatic heterocycles. The lowest BCUT2D eigenvalue weighted by Gasteiger charge is -2.20. The van der Waals surface area contributed by atoms with E-state index >= 15 is 0 Å². The number of ketones is 2. The number of benzene rings is 2. The van der Waals surface area contributed by atoms with Gasteiger partial charge in [-0.2, -0.15) is 0 Å². The average molecular weight is 424 g/mol. The number of Topliss-reactive ketones (excluding diaryl/α,β-unsaturated/α-hetero) is 2. The van der Waals surface area contributed by atoms with Crippen molar-refractivity contribution >= 4 is 29.1 Å². The third-order valence-corrected chi connectivity index (χ3v) is 4.83. The Kier molecular flexibility index (Phi) is 8.94. The summed E-state index contributed by atoms with van der Waals surface area (Å²) >= 11 is 0. The molecule has 1 atom stereocenters. The number of carboxylic acids is 1. The highest BCUT2D eigenvalue weighted by atomic mass is 16.4. The van der Waals surface area contributed by atoms with Crippen molar-refractivity contribution in [2.24, 2.45) is 0 Å². The second-order valence-corrected chi connectivity index (χ2v) is 7.54. The van der Waals surface area contributed by atoms with Crippen LogP contribution in [-0.4, -0.2) is 48.2 Å². The summed E-state index contributed by atoms with van der Waals surface area (Å²) in [7, 11) is 1.84. The van der Waals surface area contributed by atoms with Crippen LogP contribution in [0.15, 0.2) is 54.6 Å². The molecule has 0 saturated heterocycles. The van der Waals surface area contributed by atoms with Crippen molar-refractivity contribution in [2.45, 2.75) is 38.6 Å². The van der Waals surface area contributed by atoms with Crippen LogP contribution >= 0.6 is 0 Å². The van der Waals surface area contributed by atoms with Gasteiger partial charge in [0.05, 0.1) is 19.0 Å². The molecule has 7 heteroatoms. The van der Waals surface area contributed by atoms with Crippen LogP contribution in [0.4, 0.5) is 5.69 Å². The highest BCUT2D eigenvalue weighted by Gasteiger charge is 2.20. The number of carboxylic acid groups (broad SMARTS) is 1. The van der Waals surface area contributed by atoms with Crippen LogP contribution in [0.25, 0.3) is 0 Å². The summed E-state index contributed by atoms with van der Waals surface area (Å²) in [5.41, 5.74) is 2.67. The van der Waals surface area contributed by atoms with E-state index in [1.165, 1.54) is 6.92 Å². The summed E-state index contributed by atoms with van der Waals surface area (Å²) in [6.45, 7) is 1.60. The van der Waals surface area contributed by atoms with Crippen molar-refractivity contribution in [2.75, 3.05) is 18.5 Å². The molecule has 2 N–H and O–H groups in total. The third-order valence-electron chi connectivity index (χ3n) is 4.83. The molecule has 0 heterocycles. The Morgan fingerprint density at radius 1 is 0.935 bits per heavy atom.